The van der Waals surface area contributed by atoms with Crippen molar-refractivity contribution >= 4 is 23.5 Å². The zero-order valence-electron chi connectivity index (χ0n) is 14.0. The molecule has 1 saturated heterocycles. The fourth-order valence-corrected chi connectivity index (χ4v) is 3.04. The predicted octanol–water partition coefficient (Wildman–Crippen LogP) is 2.83. The van der Waals surface area contributed by atoms with Gasteiger partial charge in [0.25, 0.3) is 5.91 Å². The number of hydrogen-bond acceptors (Lipinski definition) is 4. The van der Waals surface area contributed by atoms with E-state index in [1.165, 1.54) is 0 Å². The molecule has 1 N–H and O–H groups in total. The van der Waals surface area contributed by atoms with Crippen LogP contribution in [0.15, 0.2) is 18.2 Å². The number of ether oxygens (including phenoxy) is 2. The van der Waals surface area contributed by atoms with Gasteiger partial charge in [0.2, 0.25) is 0 Å². The molecule has 0 saturated carbocycles. The monoisotopic (exact) mass is 355 g/mol. The second kappa shape index (κ2) is 7.85. The van der Waals surface area contributed by atoms with Crippen molar-refractivity contribution in [2.45, 2.75) is 44.9 Å². The summed E-state index contributed by atoms with van der Waals surface area (Å²) in [7, 11) is 1.56. The van der Waals surface area contributed by atoms with Crippen molar-refractivity contribution < 1.29 is 24.2 Å². The number of rotatable bonds is 6. The van der Waals surface area contributed by atoms with Crippen molar-refractivity contribution in [2.75, 3.05) is 13.7 Å². The van der Waals surface area contributed by atoms with Gasteiger partial charge < -0.3 is 19.5 Å². The molecule has 0 bridgehead atoms. The Kier molecular flexibility index (Phi) is 6.07. The minimum Gasteiger partial charge on any atom is -0.490 e. The Morgan fingerprint density at radius 2 is 2.12 bits per heavy atom. The first-order valence-electron chi connectivity index (χ1n) is 7.83. The molecule has 1 aromatic carbocycles. The third kappa shape index (κ3) is 4.39. The van der Waals surface area contributed by atoms with E-state index in [4.69, 9.17) is 26.2 Å². The number of amides is 1. The third-order valence-corrected chi connectivity index (χ3v) is 4.15. The Morgan fingerprint density at radius 3 is 2.71 bits per heavy atom. The molecule has 6 nitrogen and oxygen atoms in total. The summed E-state index contributed by atoms with van der Waals surface area (Å²) in [4.78, 5) is 25.6. The molecule has 1 amide bonds. The first-order chi connectivity index (χ1) is 11.3. The number of methoxy groups -OCH3 is 1. The van der Waals surface area contributed by atoms with Crippen LogP contribution < -0.4 is 4.74 Å². The van der Waals surface area contributed by atoms with Gasteiger partial charge in [0.15, 0.2) is 0 Å². The van der Waals surface area contributed by atoms with Crippen molar-refractivity contribution in [1.82, 2.24) is 4.90 Å². The van der Waals surface area contributed by atoms with Crippen LogP contribution in [0.3, 0.4) is 0 Å². The van der Waals surface area contributed by atoms with Crippen LogP contribution in [0.5, 0.6) is 5.75 Å². The number of carboxylic acids is 1. The molecule has 1 heterocycles. The molecule has 2 unspecified atom stereocenters. The molecule has 1 aromatic rings. The van der Waals surface area contributed by atoms with Crippen LogP contribution in [0.1, 0.15) is 37.0 Å². The number of aliphatic carboxylic acids is 1. The molecule has 2 rings (SSSR count). The van der Waals surface area contributed by atoms with E-state index in [1.54, 1.807) is 30.2 Å². The number of hydrogen-bond donors (Lipinski definition) is 1. The maximum absolute atomic E-state index is 13.0. The van der Waals surface area contributed by atoms with Crippen LogP contribution in [0.25, 0.3) is 0 Å². The molecule has 0 aliphatic carbocycles. The lowest BCUT2D eigenvalue weighted by molar-refractivity contribution is -0.137. The first kappa shape index (κ1) is 18.5. The minimum absolute atomic E-state index is 0.0992. The molecule has 0 aromatic heterocycles. The SMILES string of the molecule is COC1CC(CC(=O)O)N(C(=O)c2cc(Cl)ccc2OC(C)C)C1. The minimum atomic E-state index is -0.945. The van der Waals surface area contributed by atoms with Gasteiger partial charge in [0.1, 0.15) is 5.75 Å². The van der Waals surface area contributed by atoms with Crippen LogP contribution in [0, 0.1) is 0 Å². The van der Waals surface area contributed by atoms with Gasteiger partial charge in [-0.2, -0.15) is 0 Å². The van der Waals surface area contributed by atoms with Crippen molar-refractivity contribution in [3.8, 4) is 5.75 Å². The van der Waals surface area contributed by atoms with Gasteiger partial charge in [0, 0.05) is 24.7 Å². The maximum atomic E-state index is 13.0. The van der Waals surface area contributed by atoms with Gasteiger partial charge in [-0.05, 0) is 38.5 Å². The lowest BCUT2D eigenvalue weighted by atomic mass is 10.1. The van der Waals surface area contributed by atoms with Gasteiger partial charge in [-0.25, -0.2) is 0 Å². The third-order valence-electron chi connectivity index (χ3n) is 3.92. The van der Waals surface area contributed by atoms with Crippen LogP contribution in [0.4, 0.5) is 0 Å². The first-order valence-corrected chi connectivity index (χ1v) is 8.21. The number of carbonyl (C=O) groups excluding carboxylic acids is 1. The molecule has 1 fully saturated rings. The molecular weight excluding hydrogens is 334 g/mol. The second-order valence-electron chi connectivity index (χ2n) is 6.11. The van der Waals surface area contributed by atoms with E-state index in [1.807, 2.05) is 13.8 Å². The summed E-state index contributed by atoms with van der Waals surface area (Å²) in [5.74, 6) is -0.799. The largest absolute Gasteiger partial charge is 0.490 e. The van der Waals surface area contributed by atoms with Gasteiger partial charge >= 0.3 is 5.97 Å². The normalized spacial score (nSPS) is 20.5. The highest BCUT2D eigenvalue weighted by atomic mass is 35.5. The van der Waals surface area contributed by atoms with Crippen LogP contribution in [-0.4, -0.2) is 53.8 Å². The molecule has 0 spiro atoms. The van der Waals surface area contributed by atoms with E-state index in [0.29, 0.717) is 29.3 Å². The Bertz CT molecular complexity index is 619. The Hall–Kier alpha value is -1.79. The lowest BCUT2D eigenvalue weighted by Gasteiger charge is -2.25. The van der Waals surface area contributed by atoms with E-state index < -0.39 is 12.0 Å². The zero-order chi connectivity index (χ0) is 17.9. The quantitative estimate of drug-likeness (QED) is 0.849. The molecule has 7 heteroatoms. The predicted molar refractivity (Wildman–Crippen MR) is 89.7 cm³/mol. The van der Waals surface area contributed by atoms with Crippen LogP contribution >= 0.6 is 11.6 Å². The molecular formula is C17H22ClNO5. The van der Waals surface area contributed by atoms with Gasteiger partial charge in [0.05, 0.1) is 24.2 Å². The smallest absolute Gasteiger partial charge is 0.305 e. The van der Waals surface area contributed by atoms with E-state index in [-0.39, 0.29) is 24.5 Å². The molecule has 1 aliphatic heterocycles. The molecule has 24 heavy (non-hydrogen) atoms. The number of halogens is 1. The van der Waals surface area contributed by atoms with Crippen molar-refractivity contribution in [3.63, 3.8) is 0 Å². The van der Waals surface area contributed by atoms with Gasteiger partial charge in [-0.15, -0.1) is 0 Å². The summed E-state index contributed by atoms with van der Waals surface area (Å²) in [5.41, 5.74) is 0.336. The summed E-state index contributed by atoms with van der Waals surface area (Å²) in [5, 5.41) is 9.52. The molecule has 0 radical (unpaired) electrons. The Morgan fingerprint density at radius 1 is 1.42 bits per heavy atom. The Balaban J connectivity index is 2.31. The highest BCUT2D eigenvalue weighted by molar-refractivity contribution is 6.31. The molecule has 2 atom stereocenters. The second-order valence-corrected chi connectivity index (χ2v) is 6.55. The number of carbonyl (C=O) groups is 2. The Labute approximate surface area is 146 Å². The summed E-state index contributed by atoms with van der Waals surface area (Å²) in [6.45, 7) is 4.08. The maximum Gasteiger partial charge on any atom is 0.305 e. The summed E-state index contributed by atoms with van der Waals surface area (Å²) >= 11 is 6.04. The molecule has 132 valence electrons. The average Bonchev–Trinajstić information content (AvgIpc) is 2.90. The van der Waals surface area contributed by atoms with E-state index >= 15 is 0 Å². The standard InChI is InChI=1S/C17H22ClNO5/c1-10(2)24-15-5-4-11(18)6-14(15)17(22)19-9-13(23-3)7-12(19)8-16(20)21/h4-6,10,12-13H,7-9H2,1-3H3,(H,20,21). The van der Waals surface area contributed by atoms with Crippen molar-refractivity contribution in [2.24, 2.45) is 0 Å². The fourth-order valence-electron chi connectivity index (χ4n) is 2.87. The van der Waals surface area contributed by atoms with E-state index in [2.05, 4.69) is 0 Å². The highest BCUT2D eigenvalue weighted by Crippen LogP contribution is 2.30. The summed E-state index contributed by atoms with van der Waals surface area (Å²) < 4.78 is 11.0. The van der Waals surface area contributed by atoms with E-state index in [0.717, 1.165) is 0 Å². The summed E-state index contributed by atoms with van der Waals surface area (Å²) in [6.07, 6.45) is 0.104. The lowest BCUT2D eigenvalue weighted by Crippen LogP contribution is -2.37. The fraction of sp³-hybridized carbons (Fsp3) is 0.529. The molecule has 1 aliphatic rings. The van der Waals surface area contributed by atoms with Crippen molar-refractivity contribution in [3.05, 3.63) is 28.8 Å². The van der Waals surface area contributed by atoms with E-state index in [9.17, 15) is 9.59 Å². The van der Waals surface area contributed by atoms with Gasteiger partial charge in [-0.3, -0.25) is 9.59 Å². The number of nitrogens with zero attached hydrogens (tertiary/aromatic N) is 1. The topological polar surface area (TPSA) is 76.1 Å². The number of carboxylic acid groups (broad SMARTS) is 1. The number of benzene rings is 1. The van der Waals surface area contributed by atoms with Crippen LogP contribution in [-0.2, 0) is 9.53 Å². The summed E-state index contributed by atoms with van der Waals surface area (Å²) in [6, 6.07) is 4.46. The van der Waals surface area contributed by atoms with Crippen LogP contribution in [0.2, 0.25) is 5.02 Å². The van der Waals surface area contributed by atoms with Gasteiger partial charge in [-0.1, -0.05) is 11.6 Å². The number of likely N-dealkylation sites (tertiary alicyclic amines) is 1. The zero-order valence-corrected chi connectivity index (χ0v) is 14.7. The average molecular weight is 356 g/mol. The highest BCUT2D eigenvalue weighted by Gasteiger charge is 2.37. The van der Waals surface area contributed by atoms with Crippen molar-refractivity contribution in [1.29, 1.82) is 0 Å².